The van der Waals surface area contributed by atoms with Crippen LogP contribution in [-0.2, 0) is 34.8 Å². The third-order valence-corrected chi connectivity index (χ3v) is 5.27. The fourth-order valence-electron chi connectivity index (χ4n) is 3.48. The van der Waals surface area contributed by atoms with E-state index < -0.39 is 0 Å². The third-order valence-electron chi connectivity index (χ3n) is 5.27. The molecule has 2 aromatic carbocycles. The van der Waals surface area contributed by atoms with Crippen molar-refractivity contribution in [2.75, 3.05) is 61.3 Å². The summed E-state index contributed by atoms with van der Waals surface area (Å²) in [5, 5.41) is 2.39. The van der Waals surface area contributed by atoms with Crippen molar-refractivity contribution in [3.05, 3.63) is 42.0 Å². The van der Waals surface area contributed by atoms with Crippen LogP contribution in [0.3, 0.4) is 0 Å². The molecule has 2 aromatic rings. The summed E-state index contributed by atoms with van der Waals surface area (Å²) in [6.45, 7) is 2.24. The summed E-state index contributed by atoms with van der Waals surface area (Å²) in [4.78, 5) is 0. The predicted molar refractivity (Wildman–Crippen MR) is 132 cm³/mol. The molecular formula is C27H38O7. The SMILES string of the molecule is C#CC[C@@H](COCCOC[C@H](CCCc1ccc2cc(OC)ccc2c1)OCOC)OCOC. The Kier molecular flexibility index (Phi) is 14.3. The highest BCUT2D eigenvalue weighted by molar-refractivity contribution is 5.84. The first-order chi connectivity index (χ1) is 16.7. The maximum Gasteiger partial charge on any atom is 0.146 e. The molecule has 0 N–H and O–H groups in total. The number of aryl methyl sites for hydroxylation is 1. The first-order valence-corrected chi connectivity index (χ1v) is 11.6. The van der Waals surface area contributed by atoms with Gasteiger partial charge in [-0.25, -0.2) is 0 Å². The molecule has 7 heteroatoms. The predicted octanol–water partition coefficient (Wildman–Crippen LogP) is 4.21. The van der Waals surface area contributed by atoms with Gasteiger partial charge in [0.1, 0.15) is 19.3 Å². The molecule has 0 radical (unpaired) electrons. The highest BCUT2D eigenvalue weighted by atomic mass is 16.7. The zero-order valence-electron chi connectivity index (χ0n) is 20.6. The molecule has 0 saturated heterocycles. The molecule has 2 rings (SSSR count). The van der Waals surface area contributed by atoms with E-state index in [0.29, 0.717) is 32.8 Å². The van der Waals surface area contributed by atoms with Gasteiger partial charge in [0.15, 0.2) is 0 Å². The van der Waals surface area contributed by atoms with E-state index in [1.807, 2.05) is 6.07 Å². The topological polar surface area (TPSA) is 64.6 Å². The Balaban J connectivity index is 1.69. The lowest BCUT2D eigenvalue weighted by molar-refractivity contribution is -0.111. The molecule has 188 valence electrons. The van der Waals surface area contributed by atoms with E-state index in [1.165, 1.54) is 16.3 Å². The van der Waals surface area contributed by atoms with Gasteiger partial charge in [0, 0.05) is 20.6 Å². The van der Waals surface area contributed by atoms with Crippen molar-refractivity contribution in [1.82, 2.24) is 0 Å². The van der Waals surface area contributed by atoms with E-state index in [1.54, 1.807) is 21.3 Å². The first-order valence-electron chi connectivity index (χ1n) is 11.6. The molecule has 0 unspecified atom stereocenters. The Bertz CT molecular complexity index is 848. The Hall–Kier alpha value is -2.18. The fraction of sp³-hybridized carbons (Fsp3) is 0.556. The van der Waals surface area contributed by atoms with Crippen LogP contribution in [0.1, 0.15) is 24.8 Å². The standard InChI is InChI=1S/C27H38O7/c1-5-7-26(33-20-28-2)18-31-14-15-32-19-27(34-21-29-3)9-6-8-22-10-11-24-17-25(30-4)13-12-23(24)16-22/h1,10-13,16-17,26-27H,6-9,14-15,18-21H2,2-4H3/t26-,27-/m0/s1. The summed E-state index contributed by atoms with van der Waals surface area (Å²) in [5.41, 5.74) is 1.30. The summed E-state index contributed by atoms with van der Waals surface area (Å²) < 4.78 is 37.9. The van der Waals surface area contributed by atoms with Crippen LogP contribution >= 0.6 is 0 Å². The number of hydrogen-bond donors (Lipinski definition) is 0. The summed E-state index contributed by atoms with van der Waals surface area (Å²) in [6.07, 6.45) is 8.44. The van der Waals surface area contributed by atoms with Crippen LogP contribution in [0.4, 0.5) is 0 Å². The number of rotatable bonds is 19. The zero-order chi connectivity index (χ0) is 24.4. The number of benzene rings is 2. The van der Waals surface area contributed by atoms with Crippen molar-refractivity contribution in [2.45, 2.75) is 37.9 Å². The van der Waals surface area contributed by atoms with Gasteiger partial charge in [0.2, 0.25) is 0 Å². The van der Waals surface area contributed by atoms with Crippen LogP contribution in [0.2, 0.25) is 0 Å². The van der Waals surface area contributed by atoms with E-state index in [0.717, 1.165) is 25.0 Å². The van der Waals surface area contributed by atoms with Crippen molar-refractivity contribution in [2.24, 2.45) is 0 Å². The van der Waals surface area contributed by atoms with E-state index in [-0.39, 0.29) is 25.8 Å². The number of terminal acetylenes is 1. The van der Waals surface area contributed by atoms with Crippen LogP contribution in [0, 0.1) is 12.3 Å². The molecule has 0 saturated carbocycles. The molecule has 0 amide bonds. The van der Waals surface area contributed by atoms with Gasteiger partial charge in [0.05, 0.1) is 45.7 Å². The molecule has 0 aliphatic rings. The molecular weight excluding hydrogens is 436 g/mol. The van der Waals surface area contributed by atoms with Gasteiger partial charge in [-0.2, -0.15) is 0 Å². The minimum absolute atomic E-state index is 0.0381. The molecule has 0 bridgehead atoms. The lowest BCUT2D eigenvalue weighted by atomic mass is 10.0. The van der Waals surface area contributed by atoms with Crippen molar-refractivity contribution >= 4 is 10.8 Å². The number of methoxy groups -OCH3 is 3. The van der Waals surface area contributed by atoms with Crippen LogP contribution < -0.4 is 4.74 Å². The monoisotopic (exact) mass is 474 g/mol. The molecule has 0 heterocycles. The van der Waals surface area contributed by atoms with Gasteiger partial charge in [-0.15, -0.1) is 12.3 Å². The number of ether oxygens (including phenoxy) is 7. The van der Waals surface area contributed by atoms with E-state index in [2.05, 4.69) is 36.3 Å². The summed E-state index contributed by atoms with van der Waals surface area (Å²) in [6, 6.07) is 12.7. The van der Waals surface area contributed by atoms with E-state index in [4.69, 9.17) is 39.6 Å². The van der Waals surface area contributed by atoms with Crippen LogP contribution in [0.5, 0.6) is 5.75 Å². The maximum absolute atomic E-state index is 5.79. The molecule has 0 spiro atoms. The lowest BCUT2D eigenvalue weighted by Crippen LogP contribution is -2.24. The Morgan fingerprint density at radius 1 is 0.824 bits per heavy atom. The molecule has 0 aromatic heterocycles. The highest BCUT2D eigenvalue weighted by Crippen LogP contribution is 2.22. The minimum Gasteiger partial charge on any atom is -0.497 e. The third kappa shape index (κ3) is 10.8. The van der Waals surface area contributed by atoms with Gasteiger partial charge in [-0.05, 0) is 47.7 Å². The largest absolute Gasteiger partial charge is 0.497 e. The average molecular weight is 475 g/mol. The van der Waals surface area contributed by atoms with Crippen LogP contribution in [0.15, 0.2) is 36.4 Å². The summed E-state index contributed by atoms with van der Waals surface area (Å²) >= 11 is 0. The molecule has 2 atom stereocenters. The van der Waals surface area contributed by atoms with Crippen LogP contribution in [-0.4, -0.2) is 73.6 Å². The van der Waals surface area contributed by atoms with Crippen LogP contribution in [0.25, 0.3) is 10.8 Å². The Morgan fingerprint density at radius 2 is 1.47 bits per heavy atom. The van der Waals surface area contributed by atoms with Crippen molar-refractivity contribution in [3.63, 3.8) is 0 Å². The van der Waals surface area contributed by atoms with Crippen molar-refractivity contribution in [1.29, 1.82) is 0 Å². The van der Waals surface area contributed by atoms with Gasteiger partial charge in [-0.1, -0.05) is 24.3 Å². The van der Waals surface area contributed by atoms with Crippen molar-refractivity contribution < 1.29 is 33.2 Å². The summed E-state index contributed by atoms with van der Waals surface area (Å²) in [5.74, 6) is 3.45. The number of fused-ring (bicyclic) bond motifs is 1. The Morgan fingerprint density at radius 3 is 2.15 bits per heavy atom. The van der Waals surface area contributed by atoms with Gasteiger partial charge < -0.3 is 33.2 Å². The molecule has 0 fully saturated rings. The highest BCUT2D eigenvalue weighted by Gasteiger charge is 2.11. The average Bonchev–Trinajstić information content (AvgIpc) is 2.86. The molecule has 7 nitrogen and oxygen atoms in total. The quantitative estimate of drug-likeness (QED) is 0.172. The molecule has 0 aliphatic heterocycles. The first kappa shape index (κ1) is 28.1. The maximum atomic E-state index is 5.79. The van der Waals surface area contributed by atoms with Crippen molar-refractivity contribution in [3.8, 4) is 18.1 Å². The molecule has 34 heavy (non-hydrogen) atoms. The zero-order valence-corrected chi connectivity index (χ0v) is 20.6. The normalized spacial score (nSPS) is 13.0. The Labute approximate surface area is 203 Å². The van der Waals surface area contributed by atoms with Gasteiger partial charge in [0.25, 0.3) is 0 Å². The lowest BCUT2D eigenvalue weighted by Gasteiger charge is -2.18. The minimum atomic E-state index is -0.181. The van der Waals surface area contributed by atoms with Gasteiger partial charge in [-0.3, -0.25) is 0 Å². The smallest absolute Gasteiger partial charge is 0.146 e. The summed E-state index contributed by atoms with van der Waals surface area (Å²) in [7, 11) is 4.88. The second kappa shape index (κ2) is 17.3. The second-order valence-electron chi connectivity index (χ2n) is 7.89. The van der Waals surface area contributed by atoms with E-state index >= 15 is 0 Å². The van der Waals surface area contributed by atoms with E-state index in [9.17, 15) is 0 Å². The fourth-order valence-corrected chi connectivity index (χ4v) is 3.48. The second-order valence-corrected chi connectivity index (χ2v) is 7.89. The molecule has 0 aliphatic carbocycles. The number of hydrogen-bond acceptors (Lipinski definition) is 7. The van der Waals surface area contributed by atoms with Gasteiger partial charge >= 0.3 is 0 Å².